The van der Waals surface area contributed by atoms with Crippen LogP contribution in [0.5, 0.6) is 0 Å². The summed E-state index contributed by atoms with van der Waals surface area (Å²) in [4.78, 5) is 24.2. The number of nitrogens with two attached hydrogens (primary N) is 1. The molecule has 1 saturated heterocycles. The van der Waals surface area contributed by atoms with Crippen molar-refractivity contribution in [3.63, 3.8) is 0 Å². The van der Waals surface area contributed by atoms with Gasteiger partial charge in [-0.05, 0) is 36.8 Å². The average Bonchev–Trinajstić information content (AvgIpc) is 2.56. The molecular formula is C17H16ClN3O2. The number of β-lactam (4-membered cyclic amide) rings is 1. The fraction of sp³-hybridized carbons (Fsp3) is 0.176. The molecule has 0 unspecified atom stereocenters. The molecule has 6 heteroatoms. The van der Waals surface area contributed by atoms with Gasteiger partial charge in [0, 0.05) is 11.3 Å². The summed E-state index contributed by atoms with van der Waals surface area (Å²) in [6, 6.07) is 13.8. The number of rotatable bonds is 3. The van der Waals surface area contributed by atoms with Crippen LogP contribution in [0.2, 0.25) is 0 Å². The Balaban J connectivity index is 1.77. The molecular weight excluding hydrogens is 314 g/mol. The van der Waals surface area contributed by atoms with Gasteiger partial charge in [-0.2, -0.15) is 0 Å². The van der Waals surface area contributed by atoms with Gasteiger partial charge in [0.2, 0.25) is 0 Å². The van der Waals surface area contributed by atoms with Crippen molar-refractivity contribution in [1.82, 2.24) is 10.4 Å². The number of nitrogen functional groups attached to an aromatic ring is 1. The Morgan fingerprint density at radius 2 is 1.74 bits per heavy atom. The Kier molecular flexibility index (Phi) is 3.96. The number of alkyl halides is 1. The van der Waals surface area contributed by atoms with Gasteiger partial charge in [0.05, 0.1) is 0 Å². The SMILES string of the molecule is Cc1ccc([C@@H]2[C@@H](Cl)C(=O)N2NC(=O)c2ccc(N)cc2)cc1. The number of anilines is 1. The number of aryl methyl sites for hydroxylation is 1. The largest absolute Gasteiger partial charge is 0.399 e. The highest BCUT2D eigenvalue weighted by molar-refractivity contribution is 6.33. The van der Waals surface area contributed by atoms with Crippen molar-refractivity contribution in [1.29, 1.82) is 0 Å². The zero-order chi connectivity index (χ0) is 16.6. The highest BCUT2D eigenvalue weighted by Gasteiger charge is 2.48. The summed E-state index contributed by atoms with van der Waals surface area (Å²) in [7, 11) is 0. The predicted molar refractivity (Wildman–Crippen MR) is 88.7 cm³/mol. The summed E-state index contributed by atoms with van der Waals surface area (Å²) >= 11 is 6.13. The first-order chi connectivity index (χ1) is 11.0. The summed E-state index contributed by atoms with van der Waals surface area (Å²) in [6.45, 7) is 1.98. The highest BCUT2D eigenvalue weighted by atomic mass is 35.5. The van der Waals surface area contributed by atoms with Crippen LogP contribution in [0.3, 0.4) is 0 Å². The van der Waals surface area contributed by atoms with E-state index in [1.807, 2.05) is 31.2 Å². The molecule has 3 N–H and O–H groups in total. The number of hydrazine groups is 1. The van der Waals surface area contributed by atoms with E-state index >= 15 is 0 Å². The molecule has 0 radical (unpaired) electrons. The second-order valence-electron chi connectivity index (χ2n) is 5.53. The predicted octanol–water partition coefficient (Wildman–Crippen LogP) is 2.41. The number of nitrogens with zero attached hydrogens (tertiary/aromatic N) is 1. The lowest BCUT2D eigenvalue weighted by molar-refractivity contribution is -0.149. The first-order valence-electron chi connectivity index (χ1n) is 7.17. The Labute approximate surface area is 139 Å². The number of halogens is 1. The van der Waals surface area contributed by atoms with E-state index in [0.29, 0.717) is 11.3 Å². The molecule has 118 valence electrons. The molecule has 2 aromatic rings. The number of hydrogen-bond acceptors (Lipinski definition) is 3. The molecule has 1 aliphatic heterocycles. The molecule has 0 aliphatic carbocycles. The molecule has 0 bridgehead atoms. The second kappa shape index (κ2) is 5.93. The minimum absolute atomic E-state index is 0.318. The minimum atomic E-state index is -0.676. The molecule has 1 fully saturated rings. The van der Waals surface area contributed by atoms with E-state index in [0.717, 1.165) is 11.1 Å². The maximum atomic E-state index is 12.3. The third kappa shape index (κ3) is 2.87. The molecule has 1 heterocycles. The maximum absolute atomic E-state index is 12.3. The van der Waals surface area contributed by atoms with E-state index in [-0.39, 0.29) is 17.9 Å². The summed E-state index contributed by atoms with van der Waals surface area (Å²) in [5, 5.41) is 0.602. The van der Waals surface area contributed by atoms with Crippen molar-refractivity contribution < 1.29 is 9.59 Å². The van der Waals surface area contributed by atoms with Gasteiger partial charge in [-0.3, -0.25) is 15.0 Å². The number of carbonyl (C=O) groups excluding carboxylic acids is 2. The van der Waals surface area contributed by atoms with E-state index in [9.17, 15) is 9.59 Å². The van der Waals surface area contributed by atoms with Crippen molar-refractivity contribution in [2.75, 3.05) is 5.73 Å². The molecule has 5 nitrogen and oxygen atoms in total. The third-order valence-electron chi connectivity index (χ3n) is 3.84. The number of amides is 2. The van der Waals surface area contributed by atoms with Crippen LogP contribution in [0.4, 0.5) is 5.69 Å². The number of nitrogens with one attached hydrogen (secondary N) is 1. The van der Waals surface area contributed by atoms with Gasteiger partial charge in [0.25, 0.3) is 11.8 Å². The van der Waals surface area contributed by atoms with E-state index < -0.39 is 5.38 Å². The normalized spacial score (nSPS) is 20.1. The molecule has 3 rings (SSSR count). The van der Waals surface area contributed by atoms with E-state index in [1.54, 1.807) is 24.3 Å². The van der Waals surface area contributed by atoms with Gasteiger partial charge in [0.1, 0.15) is 11.4 Å². The van der Waals surface area contributed by atoms with Crippen molar-refractivity contribution in [2.24, 2.45) is 0 Å². The van der Waals surface area contributed by atoms with E-state index in [4.69, 9.17) is 17.3 Å². The van der Waals surface area contributed by atoms with Crippen molar-refractivity contribution in [3.05, 3.63) is 65.2 Å². The lowest BCUT2D eigenvalue weighted by atomic mass is 9.94. The summed E-state index contributed by atoms with van der Waals surface area (Å²) in [6.07, 6.45) is 0. The van der Waals surface area contributed by atoms with E-state index in [2.05, 4.69) is 5.43 Å². The van der Waals surface area contributed by atoms with Crippen molar-refractivity contribution in [2.45, 2.75) is 18.3 Å². The molecule has 1 aliphatic rings. The van der Waals surface area contributed by atoms with Gasteiger partial charge >= 0.3 is 0 Å². The van der Waals surface area contributed by atoms with E-state index in [1.165, 1.54) is 5.01 Å². The van der Waals surface area contributed by atoms with Crippen LogP contribution in [0.1, 0.15) is 27.5 Å². The summed E-state index contributed by atoms with van der Waals surface area (Å²) in [5.41, 5.74) is 11.2. The fourth-order valence-electron chi connectivity index (χ4n) is 2.47. The van der Waals surface area contributed by atoms with Gasteiger partial charge < -0.3 is 5.73 Å². The first kappa shape index (κ1) is 15.4. The average molecular weight is 330 g/mol. The maximum Gasteiger partial charge on any atom is 0.269 e. The second-order valence-corrected chi connectivity index (χ2v) is 6.00. The molecule has 2 amide bonds. The monoisotopic (exact) mass is 329 g/mol. The van der Waals surface area contributed by atoms with Crippen LogP contribution in [0.15, 0.2) is 48.5 Å². The van der Waals surface area contributed by atoms with Crippen molar-refractivity contribution >= 4 is 29.1 Å². The van der Waals surface area contributed by atoms with Gasteiger partial charge in [-0.1, -0.05) is 29.8 Å². The van der Waals surface area contributed by atoms with Crippen LogP contribution in [0, 0.1) is 6.92 Å². The van der Waals surface area contributed by atoms with Crippen LogP contribution in [-0.2, 0) is 4.79 Å². The zero-order valence-corrected chi connectivity index (χ0v) is 13.2. The third-order valence-corrected chi connectivity index (χ3v) is 4.27. The molecule has 2 atom stereocenters. The van der Waals surface area contributed by atoms with Crippen molar-refractivity contribution in [3.8, 4) is 0 Å². The first-order valence-corrected chi connectivity index (χ1v) is 7.61. The number of hydrogen-bond donors (Lipinski definition) is 2. The van der Waals surface area contributed by atoms with Crippen LogP contribution in [0.25, 0.3) is 0 Å². The lowest BCUT2D eigenvalue weighted by Gasteiger charge is -2.44. The zero-order valence-electron chi connectivity index (χ0n) is 12.5. The Hall–Kier alpha value is -2.53. The van der Waals surface area contributed by atoms with Gasteiger partial charge in [0.15, 0.2) is 0 Å². The Morgan fingerprint density at radius 3 is 2.35 bits per heavy atom. The minimum Gasteiger partial charge on any atom is -0.399 e. The van der Waals surface area contributed by atoms with Gasteiger partial charge in [-0.25, -0.2) is 5.01 Å². The topological polar surface area (TPSA) is 75.4 Å². The highest BCUT2D eigenvalue weighted by Crippen LogP contribution is 2.37. The fourth-order valence-corrected chi connectivity index (χ4v) is 2.83. The molecule has 23 heavy (non-hydrogen) atoms. The number of benzene rings is 2. The standard InChI is InChI=1S/C17H16ClN3O2/c1-10-2-4-11(5-3-10)15-14(18)17(23)21(15)20-16(22)12-6-8-13(19)9-7-12/h2-9,14-15H,19H2,1H3,(H,20,22)/t14-,15-/m1/s1. The summed E-state index contributed by atoms with van der Waals surface area (Å²) in [5.74, 6) is -0.694. The Bertz CT molecular complexity index is 743. The Morgan fingerprint density at radius 1 is 1.13 bits per heavy atom. The summed E-state index contributed by atoms with van der Waals surface area (Å²) < 4.78 is 0. The van der Waals surface area contributed by atoms with Crippen LogP contribution >= 0.6 is 11.6 Å². The lowest BCUT2D eigenvalue weighted by Crippen LogP contribution is -2.63. The van der Waals surface area contributed by atoms with Crippen LogP contribution < -0.4 is 11.2 Å². The quantitative estimate of drug-likeness (QED) is 0.516. The van der Waals surface area contributed by atoms with Crippen LogP contribution in [-0.4, -0.2) is 22.2 Å². The molecule has 0 saturated carbocycles. The number of carbonyl (C=O) groups is 2. The molecule has 2 aromatic carbocycles. The smallest absolute Gasteiger partial charge is 0.269 e. The van der Waals surface area contributed by atoms with Gasteiger partial charge in [-0.15, -0.1) is 11.6 Å². The molecule has 0 aromatic heterocycles. The molecule has 0 spiro atoms.